The Morgan fingerprint density at radius 2 is 2.08 bits per heavy atom. The summed E-state index contributed by atoms with van der Waals surface area (Å²) in [6.45, 7) is 6.52. The van der Waals surface area contributed by atoms with E-state index in [4.69, 9.17) is 9.47 Å². The predicted octanol–water partition coefficient (Wildman–Crippen LogP) is 3.46. The van der Waals surface area contributed by atoms with E-state index in [-0.39, 0.29) is 12.1 Å². The summed E-state index contributed by atoms with van der Waals surface area (Å²) in [6.07, 6.45) is 9.91. The molecule has 2 heterocycles. The van der Waals surface area contributed by atoms with Crippen LogP contribution in [0.4, 0.5) is 0 Å². The maximum atomic E-state index is 9.22. The quantitative estimate of drug-likeness (QED) is 0.282. The molecule has 4 rings (SSSR count). The number of morpholine rings is 1. The maximum Gasteiger partial charge on any atom is 0.159 e. The molecule has 0 amide bonds. The van der Waals surface area contributed by atoms with Gasteiger partial charge in [0.05, 0.1) is 36.7 Å². The molecule has 2 aromatic carbocycles. The van der Waals surface area contributed by atoms with Gasteiger partial charge in [-0.05, 0) is 35.7 Å². The second-order valence-corrected chi connectivity index (χ2v) is 8.29. The summed E-state index contributed by atoms with van der Waals surface area (Å²) in [4.78, 5) is 8.97. The van der Waals surface area contributed by atoms with Gasteiger partial charge in [-0.1, -0.05) is 49.1 Å². The third-order valence-electron chi connectivity index (χ3n) is 5.65. The fraction of sp³-hybridized carbons (Fsp3) is 0.250. The first-order valence-electron chi connectivity index (χ1n) is 11.9. The van der Waals surface area contributed by atoms with Crippen LogP contribution in [0.25, 0.3) is 11.4 Å². The minimum atomic E-state index is -0.120. The van der Waals surface area contributed by atoms with Gasteiger partial charge in [-0.25, -0.2) is 15.4 Å². The molecular formula is C28H30N6O2. The van der Waals surface area contributed by atoms with Crippen LogP contribution in [0.5, 0.6) is 5.75 Å². The molecule has 0 radical (unpaired) electrons. The summed E-state index contributed by atoms with van der Waals surface area (Å²) in [6, 6.07) is 17.8. The van der Waals surface area contributed by atoms with Crippen molar-refractivity contribution in [3.63, 3.8) is 0 Å². The highest BCUT2D eigenvalue weighted by molar-refractivity contribution is 5.56. The van der Waals surface area contributed by atoms with Crippen molar-refractivity contribution < 1.29 is 9.47 Å². The number of nitrogens with zero attached hydrogens (tertiary/aromatic N) is 3. The standard InChI is InChI=1S/C28H30N6O2/c1-2-33-34-27(23-9-4-8-22(15-23)16-29)11-5-7-21-6-3-10-24(14-21)28-31-18-25(19-32-28)36-20-26-17-30-12-13-35-26/h2-6,8-11,14-15,18-19,26-27,30,33-34H,1,7,12-13,17,20H2/b11-5-. The molecule has 1 aliphatic heterocycles. The molecule has 8 heteroatoms. The maximum absolute atomic E-state index is 9.22. The first-order chi connectivity index (χ1) is 17.7. The molecule has 0 saturated carbocycles. The van der Waals surface area contributed by atoms with Gasteiger partial charge in [-0.15, -0.1) is 0 Å². The molecule has 8 nitrogen and oxygen atoms in total. The van der Waals surface area contributed by atoms with Crippen LogP contribution < -0.4 is 20.9 Å². The number of hydrogen-bond acceptors (Lipinski definition) is 8. The van der Waals surface area contributed by atoms with E-state index < -0.39 is 0 Å². The zero-order chi connectivity index (χ0) is 25.0. The molecule has 184 valence electrons. The Bertz CT molecular complexity index is 1200. The van der Waals surface area contributed by atoms with Crippen LogP contribution in [-0.2, 0) is 11.2 Å². The normalized spacial score (nSPS) is 16.2. The topological polar surface area (TPSA) is 104 Å². The van der Waals surface area contributed by atoms with Gasteiger partial charge in [-0.2, -0.15) is 5.26 Å². The largest absolute Gasteiger partial charge is 0.488 e. The van der Waals surface area contributed by atoms with E-state index in [1.807, 2.05) is 30.3 Å². The van der Waals surface area contributed by atoms with Crippen LogP contribution in [0, 0.1) is 11.3 Å². The van der Waals surface area contributed by atoms with Crippen molar-refractivity contribution in [2.24, 2.45) is 0 Å². The van der Waals surface area contributed by atoms with Gasteiger partial charge >= 0.3 is 0 Å². The van der Waals surface area contributed by atoms with Crippen molar-refractivity contribution in [3.05, 3.63) is 103 Å². The van der Waals surface area contributed by atoms with Gasteiger partial charge in [0, 0.05) is 24.9 Å². The zero-order valence-corrected chi connectivity index (χ0v) is 20.1. The third-order valence-corrected chi connectivity index (χ3v) is 5.65. The van der Waals surface area contributed by atoms with E-state index in [2.05, 4.69) is 63.1 Å². The molecule has 3 aromatic rings. The first-order valence-corrected chi connectivity index (χ1v) is 11.9. The summed E-state index contributed by atoms with van der Waals surface area (Å²) < 4.78 is 11.4. The number of nitriles is 1. The Labute approximate surface area is 211 Å². The Kier molecular flexibility index (Phi) is 9.17. The lowest BCUT2D eigenvalue weighted by Crippen LogP contribution is -2.41. The fourth-order valence-electron chi connectivity index (χ4n) is 3.83. The van der Waals surface area contributed by atoms with Crippen molar-refractivity contribution in [1.29, 1.82) is 5.26 Å². The second kappa shape index (κ2) is 13.2. The number of rotatable bonds is 11. The van der Waals surface area contributed by atoms with E-state index in [0.717, 1.165) is 36.2 Å². The molecule has 1 aliphatic rings. The Morgan fingerprint density at radius 1 is 1.22 bits per heavy atom. The molecule has 1 saturated heterocycles. The average molecular weight is 483 g/mol. The summed E-state index contributed by atoms with van der Waals surface area (Å²) in [5.41, 5.74) is 9.81. The number of aromatic nitrogens is 2. The SMILES string of the molecule is C=CNNC(/C=C\Cc1cccc(-c2ncc(OCC3CNCCO3)cn2)c1)c1cccc(C#N)c1. The van der Waals surface area contributed by atoms with Gasteiger partial charge in [-0.3, -0.25) is 0 Å². The molecule has 0 bridgehead atoms. The highest BCUT2D eigenvalue weighted by Crippen LogP contribution is 2.20. The van der Waals surface area contributed by atoms with E-state index in [1.54, 1.807) is 24.7 Å². The molecule has 36 heavy (non-hydrogen) atoms. The summed E-state index contributed by atoms with van der Waals surface area (Å²) in [5.74, 6) is 1.27. The summed E-state index contributed by atoms with van der Waals surface area (Å²) in [5, 5.41) is 12.5. The number of hydrogen-bond donors (Lipinski definition) is 3. The van der Waals surface area contributed by atoms with Gasteiger partial charge < -0.3 is 20.2 Å². The van der Waals surface area contributed by atoms with Crippen LogP contribution >= 0.6 is 0 Å². The monoisotopic (exact) mass is 482 g/mol. The number of ether oxygens (including phenoxy) is 2. The van der Waals surface area contributed by atoms with Crippen LogP contribution in [0.3, 0.4) is 0 Å². The van der Waals surface area contributed by atoms with Crippen molar-refractivity contribution in [2.75, 3.05) is 26.3 Å². The van der Waals surface area contributed by atoms with Crippen molar-refractivity contribution in [3.8, 4) is 23.2 Å². The lowest BCUT2D eigenvalue weighted by Gasteiger charge is -2.23. The minimum absolute atomic E-state index is 0.0424. The van der Waals surface area contributed by atoms with Crippen molar-refractivity contribution >= 4 is 0 Å². The van der Waals surface area contributed by atoms with E-state index in [1.165, 1.54) is 0 Å². The van der Waals surface area contributed by atoms with Crippen LogP contribution in [0.15, 0.2) is 85.9 Å². The molecule has 2 unspecified atom stereocenters. The molecule has 0 aliphatic carbocycles. The van der Waals surface area contributed by atoms with Gasteiger partial charge in [0.25, 0.3) is 0 Å². The van der Waals surface area contributed by atoms with E-state index >= 15 is 0 Å². The average Bonchev–Trinajstić information content (AvgIpc) is 2.95. The van der Waals surface area contributed by atoms with E-state index in [0.29, 0.717) is 30.4 Å². The molecule has 0 spiro atoms. The Balaban J connectivity index is 1.38. The van der Waals surface area contributed by atoms with Gasteiger partial charge in [0.1, 0.15) is 12.7 Å². The Hall–Kier alpha value is -4.03. The van der Waals surface area contributed by atoms with E-state index in [9.17, 15) is 5.26 Å². The fourth-order valence-corrected chi connectivity index (χ4v) is 3.83. The highest BCUT2D eigenvalue weighted by Gasteiger charge is 2.14. The number of benzene rings is 2. The third kappa shape index (κ3) is 7.23. The smallest absolute Gasteiger partial charge is 0.159 e. The zero-order valence-electron chi connectivity index (χ0n) is 20.1. The van der Waals surface area contributed by atoms with Crippen LogP contribution in [-0.4, -0.2) is 42.4 Å². The number of allylic oxidation sites excluding steroid dienone is 1. The number of hydrazine groups is 1. The van der Waals surface area contributed by atoms with Gasteiger partial charge in [0.2, 0.25) is 0 Å². The second-order valence-electron chi connectivity index (χ2n) is 8.29. The molecular weight excluding hydrogens is 452 g/mol. The van der Waals surface area contributed by atoms with Crippen LogP contribution in [0.1, 0.15) is 22.7 Å². The Morgan fingerprint density at radius 3 is 2.86 bits per heavy atom. The lowest BCUT2D eigenvalue weighted by atomic mass is 10.0. The minimum Gasteiger partial charge on any atom is -0.488 e. The van der Waals surface area contributed by atoms with Gasteiger partial charge in [0.15, 0.2) is 11.6 Å². The van der Waals surface area contributed by atoms with Crippen LogP contribution in [0.2, 0.25) is 0 Å². The lowest BCUT2D eigenvalue weighted by molar-refractivity contribution is 0.0000562. The molecule has 2 atom stereocenters. The molecule has 1 aromatic heterocycles. The summed E-state index contributed by atoms with van der Waals surface area (Å²) in [7, 11) is 0. The molecule has 3 N–H and O–H groups in total. The first kappa shape index (κ1) is 25.1. The summed E-state index contributed by atoms with van der Waals surface area (Å²) >= 11 is 0. The predicted molar refractivity (Wildman–Crippen MR) is 139 cm³/mol. The van der Waals surface area contributed by atoms with Crippen molar-refractivity contribution in [2.45, 2.75) is 18.6 Å². The van der Waals surface area contributed by atoms with Crippen molar-refractivity contribution in [1.82, 2.24) is 26.1 Å². The number of nitrogens with one attached hydrogen (secondary N) is 3. The molecule has 1 fully saturated rings. The highest BCUT2D eigenvalue weighted by atomic mass is 16.5.